The van der Waals surface area contributed by atoms with Crippen LogP contribution in [0.15, 0.2) is 48.6 Å². The van der Waals surface area contributed by atoms with E-state index in [0.29, 0.717) is 25.7 Å². The highest BCUT2D eigenvalue weighted by Gasteiger charge is 2.56. The molecular formula is C47H85O19P3. The molecule has 0 heterocycles. The van der Waals surface area contributed by atoms with Gasteiger partial charge in [0.25, 0.3) is 0 Å². The monoisotopic (exact) mass is 1050 g/mol. The van der Waals surface area contributed by atoms with Crippen LogP contribution in [0.25, 0.3) is 0 Å². The van der Waals surface area contributed by atoms with Crippen molar-refractivity contribution in [2.75, 3.05) is 13.2 Å². The number of carbonyl (C=O) groups excluding carboxylic acids is 2. The maximum Gasteiger partial charge on any atom is 0.472 e. The molecule has 22 heteroatoms. The molecule has 402 valence electrons. The van der Waals surface area contributed by atoms with E-state index in [-0.39, 0.29) is 12.8 Å². The molecule has 69 heavy (non-hydrogen) atoms. The normalized spacial score (nSPS) is 21.7. The van der Waals surface area contributed by atoms with Gasteiger partial charge in [-0.1, -0.05) is 165 Å². The minimum absolute atomic E-state index is 0.0703. The van der Waals surface area contributed by atoms with Crippen LogP contribution in [0.2, 0.25) is 0 Å². The molecule has 0 aromatic carbocycles. The molecule has 1 aliphatic carbocycles. The van der Waals surface area contributed by atoms with Gasteiger partial charge in [0.1, 0.15) is 43.2 Å². The van der Waals surface area contributed by atoms with Crippen molar-refractivity contribution in [3.8, 4) is 0 Å². The van der Waals surface area contributed by atoms with Crippen LogP contribution in [0.5, 0.6) is 0 Å². The van der Waals surface area contributed by atoms with Crippen molar-refractivity contribution >= 4 is 35.4 Å². The highest BCUT2D eigenvalue weighted by atomic mass is 31.2. The van der Waals surface area contributed by atoms with Gasteiger partial charge in [-0.25, -0.2) is 13.7 Å². The van der Waals surface area contributed by atoms with E-state index in [4.69, 9.17) is 18.5 Å². The van der Waals surface area contributed by atoms with Crippen LogP contribution in [-0.2, 0) is 50.9 Å². The topological polar surface area (TPSA) is 303 Å². The summed E-state index contributed by atoms with van der Waals surface area (Å²) in [5.74, 6) is -1.36. The third-order valence-corrected chi connectivity index (χ3v) is 13.2. The molecule has 0 spiro atoms. The number of phosphoric ester groups is 3. The van der Waals surface area contributed by atoms with Crippen LogP contribution < -0.4 is 0 Å². The average Bonchev–Trinajstić information content (AvgIpc) is 3.28. The van der Waals surface area contributed by atoms with Crippen LogP contribution in [0.1, 0.15) is 181 Å². The summed E-state index contributed by atoms with van der Waals surface area (Å²) in [4.78, 5) is 73.3. The molecule has 0 radical (unpaired) electrons. The summed E-state index contributed by atoms with van der Waals surface area (Å²) in [6, 6.07) is 0. The molecule has 0 aromatic rings. The van der Waals surface area contributed by atoms with Gasteiger partial charge in [-0.05, 0) is 51.4 Å². The number of carbonyl (C=O) groups is 2. The van der Waals surface area contributed by atoms with Crippen LogP contribution >= 0.6 is 23.5 Å². The first-order chi connectivity index (χ1) is 32.8. The number of hydrogen-bond donors (Lipinski definition) is 8. The minimum atomic E-state index is -5.61. The van der Waals surface area contributed by atoms with E-state index in [1.807, 2.05) is 18.2 Å². The van der Waals surface area contributed by atoms with Gasteiger partial charge in [-0.2, -0.15) is 0 Å². The molecule has 1 aliphatic rings. The Labute approximate surface area is 410 Å². The second-order valence-electron chi connectivity index (χ2n) is 17.4. The standard InChI is InChI=1S/C47H85O19P3/c1-3-5-7-9-11-13-15-17-19-20-22-24-26-28-30-32-34-36-41(49)63-39(37-61-40(48)35-33-31-29-27-25-23-21-18-16-14-12-10-8-6-4-2)38-62-69(59,60)66-45-42(50)43(51)46(64-67(53,54)55)47(44(45)52)65-68(56,57)58/h11,13,17,19,22,24,28,30,39,42-47,50-52H,3-10,12,14-16,18,20-21,23,25-27,29,31-38H2,1-2H3,(H,59,60)(H2,53,54,55)(H2,56,57,58)/t39-,42+,43-,44-,45+,46+,47+/m1/s1. The molecule has 1 unspecified atom stereocenters. The summed E-state index contributed by atoms with van der Waals surface area (Å²) in [7, 11) is -16.6. The number of aliphatic hydroxyl groups excluding tert-OH is 3. The first-order valence-corrected chi connectivity index (χ1v) is 29.5. The van der Waals surface area contributed by atoms with Crippen molar-refractivity contribution in [2.45, 2.75) is 224 Å². The third kappa shape index (κ3) is 35.0. The van der Waals surface area contributed by atoms with Crippen molar-refractivity contribution in [1.82, 2.24) is 0 Å². The summed E-state index contributed by atoms with van der Waals surface area (Å²) >= 11 is 0. The second kappa shape index (κ2) is 38.7. The maximum atomic E-state index is 13.1. The number of allylic oxidation sites excluding steroid dienone is 8. The molecule has 0 bridgehead atoms. The van der Waals surface area contributed by atoms with Crippen molar-refractivity contribution < 1.29 is 90.6 Å². The number of hydrogen-bond acceptors (Lipinski definition) is 14. The zero-order chi connectivity index (χ0) is 51.4. The van der Waals surface area contributed by atoms with E-state index in [1.54, 1.807) is 0 Å². The summed E-state index contributed by atoms with van der Waals surface area (Å²) in [5.41, 5.74) is 0. The van der Waals surface area contributed by atoms with E-state index in [2.05, 4.69) is 53.3 Å². The molecule has 1 fully saturated rings. The van der Waals surface area contributed by atoms with Crippen molar-refractivity contribution in [3.63, 3.8) is 0 Å². The highest BCUT2D eigenvalue weighted by Crippen LogP contribution is 2.51. The Hall–Kier alpha value is -1.89. The Kier molecular flexibility index (Phi) is 36.5. The largest absolute Gasteiger partial charge is 0.472 e. The summed E-state index contributed by atoms with van der Waals surface area (Å²) in [5, 5.41) is 31.9. The van der Waals surface area contributed by atoms with Gasteiger partial charge >= 0.3 is 35.4 Å². The maximum absolute atomic E-state index is 13.1. The Balaban J connectivity index is 2.75. The molecule has 1 saturated carbocycles. The lowest BCUT2D eigenvalue weighted by molar-refractivity contribution is -0.213. The van der Waals surface area contributed by atoms with Crippen LogP contribution in [0.3, 0.4) is 0 Å². The van der Waals surface area contributed by atoms with Crippen LogP contribution in [0.4, 0.5) is 0 Å². The number of ether oxygens (including phenoxy) is 2. The van der Waals surface area contributed by atoms with Crippen molar-refractivity contribution in [3.05, 3.63) is 48.6 Å². The predicted octanol–water partition coefficient (Wildman–Crippen LogP) is 9.40. The van der Waals surface area contributed by atoms with E-state index in [1.165, 1.54) is 83.5 Å². The van der Waals surface area contributed by atoms with Gasteiger partial charge in [-0.3, -0.25) is 27.7 Å². The Morgan fingerprint density at radius 1 is 0.464 bits per heavy atom. The van der Waals surface area contributed by atoms with Gasteiger partial charge in [0, 0.05) is 12.8 Å². The van der Waals surface area contributed by atoms with Crippen LogP contribution in [0, 0.1) is 0 Å². The minimum Gasteiger partial charge on any atom is -0.462 e. The number of aliphatic hydroxyl groups is 3. The molecule has 8 atom stereocenters. The van der Waals surface area contributed by atoms with Crippen molar-refractivity contribution in [2.24, 2.45) is 0 Å². The fourth-order valence-electron chi connectivity index (χ4n) is 7.40. The van der Waals surface area contributed by atoms with Crippen molar-refractivity contribution in [1.29, 1.82) is 0 Å². The fourth-order valence-corrected chi connectivity index (χ4v) is 9.50. The lowest BCUT2D eigenvalue weighted by atomic mass is 9.85. The second-order valence-corrected chi connectivity index (χ2v) is 21.2. The summed E-state index contributed by atoms with van der Waals surface area (Å²) in [6.07, 6.45) is 25.6. The predicted molar refractivity (Wildman–Crippen MR) is 261 cm³/mol. The number of phosphoric acid groups is 3. The molecule has 0 aliphatic heterocycles. The summed E-state index contributed by atoms with van der Waals surface area (Å²) < 4.78 is 65.5. The lowest BCUT2D eigenvalue weighted by Crippen LogP contribution is -2.65. The van der Waals surface area contributed by atoms with E-state index >= 15 is 0 Å². The number of rotatable bonds is 42. The average molecular weight is 1050 g/mol. The van der Waals surface area contributed by atoms with Crippen LogP contribution in [-0.4, -0.2) is 108 Å². The molecule has 19 nitrogen and oxygen atoms in total. The first kappa shape index (κ1) is 65.1. The SMILES string of the molecule is CCCCCC=CCC=CCC=CCC=CCCCC(=O)O[C@H](COC(=O)CCCCCCCCCCCCCCCCC)COP(=O)(O)O[C@@H]1[C@@H](O)[C@H](OP(=O)(O)O)[C@@H](OP(=O)(O)O)[C@H](O)[C@@H]1O. The molecule has 0 saturated heterocycles. The third-order valence-electron chi connectivity index (χ3n) is 11.1. The Morgan fingerprint density at radius 2 is 0.855 bits per heavy atom. The zero-order valence-corrected chi connectivity index (χ0v) is 43.6. The number of unbranched alkanes of at least 4 members (excludes halogenated alkanes) is 18. The first-order valence-electron chi connectivity index (χ1n) is 24.9. The zero-order valence-electron chi connectivity index (χ0n) is 40.9. The van der Waals surface area contributed by atoms with E-state index in [9.17, 15) is 63.1 Å². The molecule has 0 aromatic heterocycles. The van der Waals surface area contributed by atoms with Gasteiger partial charge in [0.15, 0.2) is 6.10 Å². The molecule has 1 rings (SSSR count). The van der Waals surface area contributed by atoms with E-state index < -0.39 is 91.3 Å². The Bertz CT molecular complexity index is 1630. The van der Waals surface area contributed by atoms with E-state index in [0.717, 1.165) is 44.9 Å². The Morgan fingerprint density at radius 3 is 1.33 bits per heavy atom. The molecular weight excluding hydrogens is 961 g/mol. The van der Waals surface area contributed by atoms with Gasteiger partial charge in [0.05, 0.1) is 6.61 Å². The van der Waals surface area contributed by atoms with Gasteiger partial charge in [-0.15, -0.1) is 0 Å². The van der Waals surface area contributed by atoms with Gasteiger partial charge < -0.3 is 49.3 Å². The molecule has 0 amide bonds. The van der Waals surface area contributed by atoms with Gasteiger partial charge in [0.2, 0.25) is 0 Å². The molecule has 8 N–H and O–H groups in total. The smallest absolute Gasteiger partial charge is 0.462 e. The highest BCUT2D eigenvalue weighted by molar-refractivity contribution is 7.47. The fraction of sp³-hybridized carbons (Fsp3) is 0.787. The quantitative estimate of drug-likeness (QED) is 0.0122. The summed E-state index contributed by atoms with van der Waals surface area (Å²) in [6.45, 7) is 2.88. The number of esters is 2. The lowest BCUT2D eigenvalue weighted by Gasteiger charge is -2.44.